The second-order valence-corrected chi connectivity index (χ2v) is 5.99. The topological polar surface area (TPSA) is 55.1 Å². The minimum Gasteiger partial charge on any atom is -0.398 e. The summed E-state index contributed by atoms with van der Waals surface area (Å²) >= 11 is 3.35. The van der Waals surface area contributed by atoms with Crippen molar-refractivity contribution in [2.45, 2.75) is 18.3 Å². The first-order valence-electron chi connectivity index (χ1n) is 6.54. The Kier molecular flexibility index (Phi) is 3.26. The van der Waals surface area contributed by atoms with E-state index < -0.39 is 0 Å². The molecule has 0 spiro atoms. The van der Waals surface area contributed by atoms with Crippen LogP contribution in [0.1, 0.15) is 18.4 Å². The van der Waals surface area contributed by atoms with Crippen LogP contribution in [0.4, 0.5) is 11.4 Å². The van der Waals surface area contributed by atoms with Crippen LogP contribution < -0.4 is 11.1 Å². The number of benzene rings is 2. The van der Waals surface area contributed by atoms with Crippen molar-refractivity contribution >= 4 is 33.2 Å². The van der Waals surface area contributed by atoms with E-state index in [4.69, 9.17) is 5.73 Å². The molecular weight excluding hydrogens is 316 g/mol. The van der Waals surface area contributed by atoms with Crippen LogP contribution >= 0.6 is 15.9 Å². The zero-order valence-electron chi connectivity index (χ0n) is 10.9. The zero-order chi connectivity index (χ0) is 14.2. The van der Waals surface area contributed by atoms with Crippen molar-refractivity contribution in [3.63, 3.8) is 0 Å². The number of hydrogen-bond donors (Lipinski definition) is 2. The highest BCUT2D eigenvalue weighted by atomic mass is 79.9. The van der Waals surface area contributed by atoms with E-state index >= 15 is 0 Å². The van der Waals surface area contributed by atoms with Crippen LogP contribution in [0.15, 0.2) is 53.0 Å². The Morgan fingerprint density at radius 2 is 1.85 bits per heavy atom. The Labute approximate surface area is 126 Å². The van der Waals surface area contributed by atoms with Gasteiger partial charge in [-0.3, -0.25) is 4.79 Å². The number of halogens is 1. The molecule has 1 amide bonds. The molecular formula is C16H15BrN2O. The van der Waals surface area contributed by atoms with E-state index in [9.17, 15) is 4.79 Å². The average molecular weight is 331 g/mol. The molecule has 1 saturated carbocycles. The lowest BCUT2D eigenvalue weighted by Gasteiger charge is -2.16. The zero-order valence-corrected chi connectivity index (χ0v) is 12.5. The van der Waals surface area contributed by atoms with Gasteiger partial charge in [-0.15, -0.1) is 0 Å². The van der Waals surface area contributed by atoms with Crippen molar-refractivity contribution in [1.82, 2.24) is 0 Å². The summed E-state index contributed by atoms with van der Waals surface area (Å²) in [6.07, 6.45) is 1.80. The lowest BCUT2D eigenvalue weighted by molar-refractivity contribution is -0.118. The normalized spacial score (nSPS) is 15.7. The van der Waals surface area contributed by atoms with Crippen molar-refractivity contribution < 1.29 is 4.79 Å². The molecule has 3 N–H and O–H groups in total. The monoisotopic (exact) mass is 330 g/mol. The molecule has 1 aliphatic carbocycles. The minimum atomic E-state index is -0.358. The molecule has 4 heteroatoms. The molecule has 0 unspecified atom stereocenters. The van der Waals surface area contributed by atoms with Crippen LogP contribution in [-0.4, -0.2) is 5.91 Å². The van der Waals surface area contributed by atoms with Gasteiger partial charge in [-0.2, -0.15) is 0 Å². The highest BCUT2D eigenvalue weighted by Gasteiger charge is 2.51. The van der Waals surface area contributed by atoms with Gasteiger partial charge in [0.2, 0.25) is 5.91 Å². The van der Waals surface area contributed by atoms with Crippen molar-refractivity contribution in [1.29, 1.82) is 0 Å². The van der Waals surface area contributed by atoms with E-state index in [1.54, 1.807) is 6.07 Å². The number of nitrogen functional groups attached to an aromatic ring is 1. The summed E-state index contributed by atoms with van der Waals surface area (Å²) in [6, 6.07) is 15.4. The Hall–Kier alpha value is -1.81. The average Bonchev–Trinajstić information content (AvgIpc) is 3.26. The second kappa shape index (κ2) is 4.94. The summed E-state index contributed by atoms with van der Waals surface area (Å²) in [6.45, 7) is 0. The van der Waals surface area contributed by atoms with Crippen LogP contribution in [0.25, 0.3) is 0 Å². The molecule has 20 heavy (non-hydrogen) atoms. The van der Waals surface area contributed by atoms with Gasteiger partial charge in [0.05, 0.1) is 5.41 Å². The number of hydrogen-bond acceptors (Lipinski definition) is 2. The van der Waals surface area contributed by atoms with Gasteiger partial charge in [-0.05, 0) is 52.5 Å². The van der Waals surface area contributed by atoms with Crippen LogP contribution in [0.2, 0.25) is 0 Å². The number of rotatable bonds is 3. The van der Waals surface area contributed by atoms with Gasteiger partial charge in [0.15, 0.2) is 0 Å². The number of anilines is 2. The first-order valence-corrected chi connectivity index (χ1v) is 7.33. The van der Waals surface area contributed by atoms with E-state index in [1.165, 1.54) is 0 Å². The molecule has 0 aromatic heterocycles. The third kappa shape index (κ3) is 2.31. The van der Waals surface area contributed by atoms with Crippen molar-refractivity contribution in [2.24, 2.45) is 0 Å². The number of nitrogens with one attached hydrogen (secondary N) is 1. The number of amides is 1. The highest BCUT2D eigenvalue weighted by molar-refractivity contribution is 9.10. The number of nitrogens with two attached hydrogens (primary N) is 1. The van der Waals surface area contributed by atoms with Gasteiger partial charge in [0, 0.05) is 15.8 Å². The first kappa shape index (κ1) is 13.2. The first-order chi connectivity index (χ1) is 9.62. The molecule has 2 aromatic rings. The van der Waals surface area contributed by atoms with Crippen LogP contribution in [0.3, 0.4) is 0 Å². The molecule has 1 aliphatic rings. The molecule has 0 bridgehead atoms. The van der Waals surface area contributed by atoms with Gasteiger partial charge in [-0.25, -0.2) is 0 Å². The summed E-state index contributed by atoms with van der Waals surface area (Å²) < 4.78 is 0.833. The summed E-state index contributed by atoms with van der Waals surface area (Å²) in [5, 5.41) is 2.97. The molecule has 0 saturated heterocycles. The summed E-state index contributed by atoms with van der Waals surface area (Å²) in [5.74, 6) is 0.0467. The second-order valence-electron chi connectivity index (χ2n) is 5.14. The van der Waals surface area contributed by atoms with Crippen LogP contribution in [0.5, 0.6) is 0 Å². The Morgan fingerprint density at radius 3 is 2.45 bits per heavy atom. The maximum atomic E-state index is 12.5. The van der Waals surface area contributed by atoms with Crippen molar-refractivity contribution in [3.05, 3.63) is 58.6 Å². The molecule has 102 valence electrons. The largest absolute Gasteiger partial charge is 0.398 e. The molecule has 3 nitrogen and oxygen atoms in total. The van der Waals surface area contributed by atoms with Crippen molar-refractivity contribution in [3.8, 4) is 0 Å². The van der Waals surface area contributed by atoms with E-state index in [0.717, 1.165) is 28.6 Å². The minimum absolute atomic E-state index is 0.0467. The van der Waals surface area contributed by atoms with Crippen molar-refractivity contribution in [2.75, 3.05) is 11.1 Å². The number of carbonyl (C=O) groups is 1. The smallest absolute Gasteiger partial charge is 0.235 e. The fraction of sp³-hybridized carbons (Fsp3) is 0.188. The summed E-state index contributed by atoms with van der Waals surface area (Å²) in [7, 11) is 0. The quantitative estimate of drug-likeness (QED) is 0.843. The van der Waals surface area contributed by atoms with Crippen LogP contribution in [-0.2, 0) is 10.2 Å². The maximum Gasteiger partial charge on any atom is 0.235 e. The van der Waals surface area contributed by atoms with E-state index in [-0.39, 0.29) is 11.3 Å². The third-order valence-electron chi connectivity index (χ3n) is 3.76. The van der Waals surface area contributed by atoms with Gasteiger partial charge >= 0.3 is 0 Å². The molecule has 3 rings (SSSR count). The predicted octanol–water partition coefficient (Wildman–Crippen LogP) is 3.70. The lowest BCUT2D eigenvalue weighted by Crippen LogP contribution is -2.27. The molecule has 0 atom stereocenters. The molecule has 2 aromatic carbocycles. The van der Waals surface area contributed by atoms with Gasteiger partial charge in [-0.1, -0.05) is 30.3 Å². The molecule has 0 aliphatic heterocycles. The van der Waals surface area contributed by atoms with E-state index in [2.05, 4.69) is 21.2 Å². The molecule has 1 fully saturated rings. The lowest BCUT2D eigenvalue weighted by atomic mass is 9.95. The van der Waals surface area contributed by atoms with Gasteiger partial charge in [0.1, 0.15) is 0 Å². The third-order valence-corrected chi connectivity index (χ3v) is 4.49. The van der Waals surface area contributed by atoms with E-state index in [1.807, 2.05) is 42.5 Å². The molecule has 0 radical (unpaired) electrons. The standard InChI is InChI=1S/C16H15BrN2O/c17-13-7-6-12(10-14(13)18)19-15(20)16(8-9-16)11-4-2-1-3-5-11/h1-7,10H,8-9,18H2,(H,19,20). The predicted molar refractivity (Wildman–Crippen MR) is 84.5 cm³/mol. The Morgan fingerprint density at radius 1 is 1.15 bits per heavy atom. The van der Waals surface area contributed by atoms with Gasteiger partial charge < -0.3 is 11.1 Å². The Balaban J connectivity index is 1.81. The van der Waals surface area contributed by atoms with E-state index in [0.29, 0.717) is 5.69 Å². The number of carbonyl (C=O) groups excluding carboxylic acids is 1. The molecule has 0 heterocycles. The SMILES string of the molecule is Nc1cc(NC(=O)C2(c3ccccc3)CC2)ccc1Br. The Bertz CT molecular complexity index is 651. The highest BCUT2D eigenvalue weighted by Crippen LogP contribution is 2.49. The van der Waals surface area contributed by atoms with Gasteiger partial charge in [0.25, 0.3) is 0 Å². The fourth-order valence-electron chi connectivity index (χ4n) is 2.40. The summed E-state index contributed by atoms with van der Waals surface area (Å²) in [5.41, 5.74) is 7.91. The van der Waals surface area contributed by atoms with Crippen LogP contribution in [0, 0.1) is 0 Å². The summed E-state index contributed by atoms with van der Waals surface area (Å²) in [4.78, 5) is 12.5. The fourth-order valence-corrected chi connectivity index (χ4v) is 2.65. The maximum absolute atomic E-state index is 12.5.